The molecular formula is C13H20. The molecule has 0 heterocycles. The van der Waals surface area contributed by atoms with E-state index in [9.17, 15) is 0 Å². The molecule has 0 fully saturated rings. The Morgan fingerprint density at radius 1 is 1.23 bits per heavy atom. The minimum atomic E-state index is 0.746. The van der Waals surface area contributed by atoms with E-state index in [0.29, 0.717) is 0 Å². The summed E-state index contributed by atoms with van der Waals surface area (Å²) in [4.78, 5) is 0. The molecule has 0 aromatic carbocycles. The number of hydrogen-bond donors (Lipinski definition) is 0. The van der Waals surface area contributed by atoms with E-state index >= 15 is 0 Å². The van der Waals surface area contributed by atoms with Crippen molar-refractivity contribution in [2.24, 2.45) is 5.92 Å². The lowest BCUT2D eigenvalue weighted by atomic mass is 9.91. The maximum Gasteiger partial charge on any atom is -0.00888 e. The lowest BCUT2D eigenvalue weighted by molar-refractivity contribution is 0.724. The average molecular weight is 176 g/mol. The molecular weight excluding hydrogens is 156 g/mol. The smallest absolute Gasteiger partial charge is 0.00888 e. The fourth-order valence-electron chi connectivity index (χ4n) is 1.85. The molecule has 0 aromatic heterocycles. The number of fused-ring (bicyclic) bond motifs is 1. The molecule has 0 aromatic rings. The van der Waals surface area contributed by atoms with Gasteiger partial charge in [0.1, 0.15) is 0 Å². The Balaban J connectivity index is 0.000000396. The maximum atomic E-state index is 2.41. The van der Waals surface area contributed by atoms with Crippen LogP contribution in [0.2, 0.25) is 0 Å². The van der Waals surface area contributed by atoms with Crippen LogP contribution in [0.25, 0.3) is 0 Å². The van der Waals surface area contributed by atoms with E-state index in [-0.39, 0.29) is 0 Å². The van der Waals surface area contributed by atoms with Crippen LogP contribution >= 0.6 is 0 Å². The predicted molar refractivity (Wildman–Crippen MR) is 59.7 cm³/mol. The van der Waals surface area contributed by atoms with Crippen molar-refractivity contribution >= 4 is 0 Å². The summed E-state index contributed by atoms with van der Waals surface area (Å²) in [5.74, 6) is 0.746. The molecule has 0 spiro atoms. The molecule has 0 nitrogen and oxygen atoms in total. The summed E-state index contributed by atoms with van der Waals surface area (Å²) in [6.07, 6.45) is 9.54. The number of hydrogen-bond acceptors (Lipinski definition) is 0. The molecule has 0 saturated carbocycles. The van der Waals surface area contributed by atoms with Crippen LogP contribution in [-0.2, 0) is 0 Å². The zero-order chi connectivity index (χ0) is 9.84. The second kappa shape index (κ2) is 4.45. The van der Waals surface area contributed by atoms with Gasteiger partial charge in [-0.05, 0) is 42.4 Å². The van der Waals surface area contributed by atoms with Crippen LogP contribution in [0.1, 0.15) is 40.5 Å². The molecule has 0 N–H and O–H groups in total. The van der Waals surface area contributed by atoms with Gasteiger partial charge in [-0.2, -0.15) is 0 Å². The van der Waals surface area contributed by atoms with E-state index in [1.807, 2.05) is 13.8 Å². The molecule has 0 radical (unpaired) electrons. The summed E-state index contributed by atoms with van der Waals surface area (Å²) in [6, 6.07) is 0. The Bertz CT molecular complexity index is 264. The van der Waals surface area contributed by atoms with Gasteiger partial charge in [0.15, 0.2) is 0 Å². The molecule has 13 heavy (non-hydrogen) atoms. The van der Waals surface area contributed by atoms with Crippen LogP contribution in [0.15, 0.2) is 34.9 Å². The first-order valence-corrected chi connectivity index (χ1v) is 5.36. The van der Waals surface area contributed by atoms with E-state index < -0.39 is 0 Å². The first-order chi connectivity index (χ1) is 6.27. The van der Waals surface area contributed by atoms with E-state index in [1.165, 1.54) is 24.0 Å². The van der Waals surface area contributed by atoms with Crippen LogP contribution in [0, 0.1) is 5.92 Å². The Labute approximate surface area is 82.0 Å². The summed E-state index contributed by atoms with van der Waals surface area (Å²) in [6.45, 7) is 8.50. The lowest BCUT2D eigenvalue weighted by Crippen LogP contribution is -1.98. The molecule has 0 amide bonds. The highest BCUT2D eigenvalue weighted by atomic mass is 14.2. The molecule has 2 aliphatic rings. The molecule has 2 rings (SSSR count). The van der Waals surface area contributed by atoms with Gasteiger partial charge < -0.3 is 0 Å². The molecule has 1 unspecified atom stereocenters. The van der Waals surface area contributed by atoms with Gasteiger partial charge in [0.25, 0.3) is 0 Å². The Kier molecular flexibility index (Phi) is 3.53. The quantitative estimate of drug-likeness (QED) is 0.517. The van der Waals surface area contributed by atoms with Crippen molar-refractivity contribution in [3.8, 4) is 0 Å². The lowest BCUT2D eigenvalue weighted by Gasteiger charge is -2.14. The van der Waals surface area contributed by atoms with Crippen molar-refractivity contribution in [1.82, 2.24) is 0 Å². The normalized spacial score (nSPS) is 24.9. The zero-order valence-electron chi connectivity index (χ0n) is 9.22. The highest BCUT2D eigenvalue weighted by Crippen LogP contribution is 2.35. The van der Waals surface area contributed by atoms with E-state index in [4.69, 9.17) is 0 Å². The number of allylic oxidation sites excluding steroid dienone is 6. The van der Waals surface area contributed by atoms with Crippen molar-refractivity contribution < 1.29 is 0 Å². The van der Waals surface area contributed by atoms with Crippen LogP contribution in [0.3, 0.4) is 0 Å². The summed E-state index contributed by atoms with van der Waals surface area (Å²) in [7, 11) is 0. The standard InChI is InChI=1S/C11H14.C2H6/c1-8-3-5-10-6-4-9(2)11(10)7-8;1-2/h4-5,7-8H,3,6H2,1-2H3;1-2H3. The first kappa shape index (κ1) is 10.3. The van der Waals surface area contributed by atoms with Crippen molar-refractivity contribution in [3.63, 3.8) is 0 Å². The third-order valence-electron chi connectivity index (χ3n) is 2.59. The topological polar surface area (TPSA) is 0 Å². The van der Waals surface area contributed by atoms with Gasteiger partial charge >= 0.3 is 0 Å². The van der Waals surface area contributed by atoms with Crippen molar-refractivity contribution in [1.29, 1.82) is 0 Å². The van der Waals surface area contributed by atoms with Crippen molar-refractivity contribution in [2.45, 2.75) is 40.5 Å². The van der Waals surface area contributed by atoms with Gasteiger partial charge in [0.05, 0.1) is 0 Å². The Hall–Kier alpha value is -0.780. The van der Waals surface area contributed by atoms with Gasteiger partial charge in [-0.3, -0.25) is 0 Å². The highest BCUT2D eigenvalue weighted by Gasteiger charge is 2.17. The first-order valence-electron chi connectivity index (χ1n) is 5.36. The van der Waals surface area contributed by atoms with Gasteiger partial charge in [-0.15, -0.1) is 0 Å². The Morgan fingerprint density at radius 3 is 2.62 bits per heavy atom. The van der Waals surface area contributed by atoms with Gasteiger partial charge in [0.2, 0.25) is 0 Å². The average Bonchev–Trinajstić information content (AvgIpc) is 2.52. The number of rotatable bonds is 0. The van der Waals surface area contributed by atoms with Crippen LogP contribution in [0.5, 0.6) is 0 Å². The zero-order valence-corrected chi connectivity index (χ0v) is 9.22. The highest BCUT2D eigenvalue weighted by molar-refractivity contribution is 5.53. The van der Waals surface area contributed by atoms with Crippen molar-refractivity contribution in [3.05, 3.63) is 34.9 Å². The molecule has 0 saturated heterocycles. The fraction of sp³-hybridized carbons (Fsp3) is 0.538. The van der Waals surface area contributed by atoms with Crippen LogP contribution in [-0.4, -0.2) is 0 Å². The summed E-state index contributed by atoms with van der Waals surface area (Å²) >= 11 is 0. The van der Waals surface area contributed by atoms with E-state index in [1.54, 1.807) is 5.57 Å². The predicted octanol–water partition coefficient (Wildman–Crippen LogP) is 4.26. The van der Waals surface area contributed by atoms with Gasteiger partial charge in [0, 0.05) is 0 Å². The van der Waals surface area contributed by atoms with E-state index in [2.05, 4.69) is 32.1 Å². The minimum absolute atomic E-state index is 0.746. The summed E-state index contributed by atoms with van der Waals surface area (Å²) in [5.41, 5.74) is 4.55. The summed E-state index contributed by atoms with van der Waals surface area (Å²) < 4.78 is 0. The SMILES string of the molecule is CC.CC1=CCC2=CCC(C)C=C12. The molecule has 0 aliphatic heterocycles. The molecule has 1 atom stereocenters. The molecule has 72 valence electrons. The second-order valence-corrected chi connectivity index (χ2v) is 3.61. The Morgan fingerprint density at radius 2 is 1.92 bits per heavy atom. The summed E-state index contributed by atoms with van der Waals surface area (Å²) in [5, 5.41) is 0. The van der Waals surface area contributed by atoms with Crippen molar-refractivity contribution in [2.75, 3.05) is 0 Å². The molecule has 0 bridgehead atoms. The second-order valence-electron chi connectivity index (χ2n) is 3.61. The monoisotopic (exact) mass is 176 g/mol. The van der Waals surface area contributed by atoms with Gasteiger partial charge in [-0.1, -0.05) is 39.0 Å². The van der Waals surface area contributed by atoms with Gasteiger partial charge in [-0.25, -0.2) is 0 Å². The maximum absolute atomic E-state index is 2.41. The molecule has 0 heteroatoms. The van der Waals surface area contributed by atoms with Crippen LogP contribution in [0.4, 0.5) is 0 Å². The largest absolute Gasteiger partial charge is 0.0798 e. The third-order valence-corrected chi connectivity index (χ3v) is 2.59. The van der Waals surface area contributed by atoms with E-state index in [0.717, 1.165) is 5.92 Å². The minimum Gasteiger partial charge on any atom is -0.0798 e. The van der Waals surface area contributed by atoms with Crippen LogP contribution < -0.4 is 0 Å². The molecule has 2 aliphatic carbocycles. The third kappa shape index (κ3) is 2.12. The fourth-order valence-corrected chi connectivity index (χ4v) is 1.85.